The molecule has 0 bridgehead atoms. The van der Waals surface area contributed by atoms with Gasteiger partial charge in [-0.05, 0) is 23.3 Å². The van der Waals surface area contributed by atoms with E-state index in [4.69, 9.17) is 32.8 Å². The lowest BCUT2D eigenvalue weighted by molar-refractivity contribution is -0.180. The van der Waals surface area contributed by atoms with Crippen LogP contribution in [0.5, 0.6) is 0 Å². The number of fused-ring (bicyclic) bond motifs is 2. The zero-order valence-corrected chi connectivity index (χ0v) is 22.5. The Morgan fingerprint density at radius 3 is 2.33 bits per heavy atom. The number of Topliss-reactive ketones (excluding diaryl/α,β-unsaturated/α-hetero) is 1. The third kappa shape index (κ3) is 4.97. The number of nitrogens with zero attached hydrogens (tertiary/aromatic N) is 1. The third-order valence-electron chi connectivity index (χ3n) is 6.91. The number of hydrogen-bond acceptors (Lipinski definition) is 7. The van der Waals surface area contributed by atoms with Crippen LogP contribution in [0.1, 0.15) is 40.0 Å². The molecule has 3 aliphatic heterocycles. The molecular weight excluding hydrogens is 613 g/mol. The van der Waals surface area contributed by atoms with E-state index < -0.39 is 84.3 Å². The summed E-state index contributed by atoms with van der Waals surface area (Å²) in [4.78, 5) is 17.8. The largest absolute Gasteiger partial charge is 0.418 e. The van der Waals surface area contributed by atoms with Gasteiger partial charge in [-0.1, -0.05) is 46.6 Å². The number of ether oxygens (including phenoxy) is 1. The maximum absolute atomic E-state index is 14.4. The molecule has 5 rings (SSSR count). The van der Waals surface area contributed by atoms with Crippen LogP contribution in [0.3, 0.4) is 0 Å². The predicted molar refractivity (Wildman–Crippen MR) is 131 cm³/mol. The first-order valence-electron chi connectivity index (χ1n) is 11.5. The SMILES string of the molecule is CS(=O)(=O)CC(=O)C1OC2(CNC2)c2ccc(C3=NOC(c4ccc(Cl)c(Cl)c4C(F)(F)F)C3C(F)(F)F)cc21. The number of rotatable bonds is 5. The van der Waals surface area contributed by atoms with Crippen LogP contribution in [0.25, 0.3) is 0 Å². The van der Waals surface area contributed by atoms with Crippen molar-refractivity contribution in [3.63, 3.8) is 0 Å². The van der Waals surface area contributed by atoms with E-state index in [0.717, 1.165) is 18.4 Å². The van der Waals surface area contributed by atoms with Crippen molar-refractivity contribution < 1.29 is 49.1 Å². The van der Waals surface area contributed by atoms with Gasteiger partial charge in [0.05, 0.1) is 15.6 Å². The second-order valence-electron chi connectivity index (χ2n) is 9.78. The van der Waals surface area contributed by atoms with Gasteiger partial charge in [0.1, 0.15) is 29.1 Å². The summed E-state index contributed by atoms with van der Waals surface area (Å²) >= 11 is 11.5. The average molecular weight is 631 g/mol. The maximum atomic E-state index is 14.4. The lowest BCUT2D eigenvalue weighted by atomic mass is 9.82. The monoisotopic (exact) mass is 630 g/mol. The molecule has 2 aromatic rings. The summed E-state index contributed by atoms with van der Waals surface area (Å²) in [6, 6.07) is 5.59. The Balaban J connectivity index is 1.59. The maximum Gasteiger partial charge on any atom is 0.418 e. The van der Waals surface area contributed by atoms with Crippen LogP contribution in [-0.4, -0.2) is 51.2 Å². The van der Waals surface area contributed by atoms with Crippen molar-refractivity contribution in [1.82, 2.24) is 5.32 Å². The minimum atomic E-state index is -5.16. The smallest absolute Gasteiger partial charge is 0.386 e. The Hall–Kier alpha value is -2.39. The van der Waals surface area contributed by atoms with Crippen molar-refractivity contribution in [2.45, 2.75) is 30.2 Å². The summed E-state index contributed by atoms with van der Waals surface area (Å²) in [6.45, 7) is 0.549. The predicted octanol–water partition coefficient (Wildman–Crippen LogP) is 5.15. The van der Waals surface area contributed by atoms with Gasteiger partial charge in [0.25, 0.3) is 0 Å². The van der Waals surface area contributed by atoms with Crippen LogP contribution >= 0.6 is 23.2 Å². The summed E-state index contributed by atoms with van der Waals surface area (Å²) in [7, 11) is -3.75. The van der Waals surface area contributed by atoms with Gasteiger partial charge >= 0.3 is 12.4 Å². The fraction of sp³-hybridized carbons (Fsp3) is 0.417. The van der Waals surface area contributed by atoms with Gasteiger partial charge in [-0.2, -0.15) is 26.3 Å². The molecule has 216 valence electrons. The van der Waals surface area contributed by atoms with Gasteiger partial charge in [-0.25, -0.2) is 8.42 Å². The van der Waals surface area contributed by atoms with E-state index in [-0.39, 0.29) is 24.2 Å². The van der Waals surface area contributed by atoms with Gasteiger partial charge in [0.15, 0.2) is 21.7 Å². The standard InChI is InChI=1S/C24H18Cl2F6N2O5S/c1-40(36,37)7-15(35)20-12-6-10(2-4-13(12)22(38-20)8-33-9-22)19-17(24(30,31)32)21(39-34-19)11-3-5-14(25)18(26)16(11)23(27,28)29/h2-6,17,20-21,33H,7-9H2,1H3. The molecule has 3 aliphatic rings. The zero-order chi connectivity index (χ0) is 29.4. The highest BCUT2D eigenvalue weighted by molar-refractivity contribution is 7.91. The van der Waals surface area contributed by atoms with Crippen molar-refractivity contribution in [2.24, 2.45) is 11.1 Å². The molecule has 0 amide bonds. The Bertz CT molecular complexity index is 1540. The van der Waals surface area contributed by atoms with Crippen molar-refractivity contribution in [2.75, 3.05) is 25.1 Å². The van der Waals surface area contributed by atoms with Gasteiger partial charge in [0, 0.05) is 30.5 Å². The molecule has 1 fully saturated rings. The Morgan fingerprint density at radius 1 is 1.10 bits per heavy atom. The fourth-order valence-electron chi connectivity index (χ4n) is 5.17. The summed E-state index contributed by atoms with van der Waals surface area (Å²) in [6.07, 6.45) is -13.1. The number of alkyl halides is 6. The number of benzene rings is 2. The fourth-order valence-corrected chi connectivity index (χ4v) is 6.27. The normalized spacial score (nSPS) is 23.9. The van der Waals surface area contributed by atoms with Crippen LogP contribution in [-0.2, 0) is 36.0 Å². The quantitative estimate of drug-likeness (QED) is 0.459. The molecule has 40 heavy (non-hydrogen) atoms. The number of oxime groups is 1. The highest BCUT2D eigenvalue weighted by Gasteiger charge is 2.57. The number of sulfone groups is 1. The van der Waals surface area contributed by atoms with Crippen molar-refractivity contribution in [3.05, 3.63) is 68.2 Å². The summed E-state index contributed by atoms with van der Waals surface area (Å²) < 4.78 is 114. The van der Waals surface area contributed by atoms with E-state index in [1.165, 1.54) is 18.2 Å². The topological polar surface area (TPSA) is 94.1 Å². The summed E-state index contributed by atoms with van der Waals surface area (Å²) in [5, 5.41) is 5.02. The Kier molecular flexibility index (Phi) is 6.97. The van der Waals surface area contributed by atoms with Crippen LogP contribution < -0.4 is 5.32 Å². The van der Waals surface area contributed by atoms with E-state index in [1.807, 2.05) is 0 Å². The Morgan fingerprint density at radius 2 is 1.77 bits per heavy atom. The molecule has 1 spiro atoms. The molecule has 3 heterocycles. The first kappa shape index (κ1) is 29.1. The van der Waals surface area contributed by atoms with E-state index >= 15 is 0 Å². The van der Waals surface area contributed by atoms with Crippen LogP contribution in [0.15, 0.2) is 35.5 Å². The zero-order valence-electron chi connectivity index (χ0n) is 20.2. The molecule has 0 aromatic heterocycles. The molecule has 0 aliphatic carbocycles. The van der Waals surface area contributed by atoms with Gasteiger partial charge in [-0.3, -0.25) is 4.79 Å². The number of hydrogen-bond donors (Lipinski definition) is 1. The highest BCUT2D eigenvalue weighted by atomic mass is 35.5. The van der Waals surface area contributed by atoms with Crippen molar-refractivity contribution in [1.29, 1.82) is 0 Å². The molecule has 2 aromatic carbocycles. The van der Waals surface area contributed by atoms with E-state index in [9.17, 15) is 39.6 Å². The number of carbonyl (C=O) groups is 1. The molecule has 3 atom stereocenters. The molecule has 7 nitrogen and oxygen atoms in total. The number of halogens is 8. The molecule has 0 saturated carbocycles. The second kappa shape index (κ2) is 9.58. The average Bonchev–Trinajstić information content (AvgIpc) is 3.38. The minimum absolute atomic E-state index is 0.144. The lowest BCUT2D eigenvalue weighted by Gasteiger charge is -2.39. The highest BCUT2D eigenvalue weighted by Crippen LogP contribution is 2.52. The molecule has 3 unspecified atom stereocenters. The number of carbonyl (C=O) groups excluding carboxylic acids is 1. The van der Waals surface area contributed by atoms with Gasteiger partial charge in [-0.15, -0.1) is 0 Å². The van der Waals surface area contributed by atoms with Gasteiger partial charge in [0.2, 0.25) is 0 Å². The van der Waals surface area contributed by atoms with Crippen molar-refractivity contribution >= 4 is 44.5 Å². The molecular formula is C24H18Cl2F6N2O5S. The third-order valence-corrected chi connectivity index (χ3v) is 8.53. The molecule has 1 saturated heterocycles. The van der Waals surface area contributed by atoms with Crippen LogP contribution in [0.2, 0.25) is 10.0 Å². The molecule has 16 heteroatoms. The van der Waals surface area contributed by atoms with E-state index in [0.29, 0.717) is 5.56 Å². The van der Waals surface area contributed by atoms with Gasteiger partial charge < -0.3 is 14.9 Å². The van der Waals surface area contributed by atoms with Crippen LogP contribution in [0, 0.1) is 5.92 Å². The number of ketones is 1. The van der Waals surface area contributed by atoms with Crippen LogP contribution in [0.4, 0.5) is 26.3 Å². The molecule has 0 radical (unpaired) electrons. The first-order valence-corrected chi connectivity index (χ1v) is 14.3. The summed E-state index contributed by atoms with van der Waals surface area (Å²) in [5.41, 5.74) is -3.77. The van der Waals surface area contributed by atoms with E-state index in [1.54, 1.807) is 0 Å². The Labute approximate surface area is 233 Å². The number of nitrogens with one attached hydrogen (secondary N) is 1. The lowest BCUT2D eigenvalue weighted by Crippen LogP contribution is -2.57. The summed E-state index contributed by atoms with van der Waals surface area (Å²) in [5.74, 6) is -4.33. The minimum Gasteiger partial charge on any atom is -0.386 e. The first-order chi connectivity index (χ1) is 18.4. The second-order valence-corrected chi connectivity index (χ2v) is 12.7. The molecule has 1 N–H and O–H groups in total. The van der Waals surface area contributed by atoms with Crippen molar-refractivity contribution in [3.8, 4) is 0 Å². The van der Waals surface area contributed by atoms with E-state index in [2.05, 4.69) is 10.5 Å².